The molecule has 2 aromatic rings. The Labute approximate surface area is 113 Å². The summed E-state index contributed by atoms with van der Waals surface area (Å²) >= 11 is 5.89. The van der Waals surface area contributed by atoms with Gasteiger partial charge in [-0.3, -0.25) is 0 Å². The van der Waals surface area contributed by atoms with Crippen LogP contribution < -0.4 is 10.6 Å². The lowest BCUT2D eigenvalue weighted by molar-refractivity contribution is 0.832. The van der Waals surface area contributed by atoms with E-state index in [1.807, 2.05) is 30.3 Å². The average molecular weight is 261 g/mol. The summed E-state index contributed by atoms with van der Waals surface area (Å²) in [7, 11) is 0. The van der Waals surface area contributed by atoms with Crippen LogP contribution in [0.15, 0.2) is 48.5 Å². The molecule has 2 aromatic carbocycles. The van der Waals surface area contributed by atoms with Crippen LogP contribution in [0.5, 0.6) is 0 Å². The van der Waals surface area contributed by atoms with Crippen LogP contribution in [0.1, 0.15) is 12.5 Å². The number of hydrogen-bond donors (Lipinski definition) is 1. The molecule has 0 aliphatic carbocycles. The van der Waals surface area contributed by atoms with Gasteiger partial charge in [-0.25, -0.2) is 0 Å². The Hall–Kier alpha value is -1.67. The van der Waals surface area contributed by atoms with Crippen LogP contribution in [0.4, 0.5) is 11.4 Å². The topological polar surface area (TPSA) is 29.3 Å². The molecule has 18 heavy (non-hydrogen) atoms. The zero-order valence-electron chi connectivity index (χ0n) is 10.4. The lowest BCUT2D eigenvalue weighted by atomic mass is 10.2. The van der Waals surface area contributed by atoms with E-state index in [9.17, 15) is 0 Å². The van der Waals surface area contributed by atoms with Crippen molar-refractivity contribution in [1.29, 1.82) is 0 Å². The molecule has 0 aliphatic heterocycles. The van der Waals surface area contributed by atoms with Crippen LogP contribution in [0, 0.1) is 0 Å². The summed E-state index contributed by atoms with van der Waals surface area (Å²) in [6.45, 7) is 3.93. The molecule has 0 saturated carbocycles. The van der Waals surface area contributed by atoms with Gasteiger partial charge in [0.2, 0.25) is 0 Å². The predicted molar refractivity (Wildman–Crippen MR) is 79.0 cm³/mol. The fourth-order valence-electron chi connectivity index (χ4n) is 1.92. The second kappa shape index (κ2) is 5.78. The molecule has 2 rings (SSSR count). The van der Waals surface area contributed by atoms with E-state index in [0.717, 1.165) is 29.5 Å². The third-order valence-corrected chi connectivity index (χ3v) is 3.16. The number of nitrogens with two attached hydrogens (primary N) is 1. The highest BCUT2D eigenvalue weighted by atomic mass is 35.5. The lowest BCUT2D eigenvalue weighted by Gasteiger charge is -2.23. The fraction of sp³-hybridized carbons (Fsp3) is 0.200. The fourth-order valence-corrected chi connectivity index (χ4v) is 2.04. The maximum absolute atomic E-state index is 5.89. The Morgan fingerprint density at radius 3 is 2.44 bits per heavy atom. The Balaban J connectivity index is 2.17. The smallest absolute Gasteiger partial charge is 0.0429 e. The molecule has 0 saturated heterocycles. The SMILES string of the molecule is CCN(Cc1ccc(Cl)cc1)c1cccc(N)c1. The first kappa shape index (κ1) is 12.8. The molecule has 0 aromatic heterocycles. The second-order valence-electron chi connectivity index (χ2n) is 4.24. The van der Waals surface area contributed by atoms with Crippen LogP contribution in [0.2, 0.25) is 5.02 Å². The average Bonchev–Trinajstić information content (AvgIpc) is 2.38. The zero-order valence-corrected chi connectivity index (χ0v) is 11.2. The third-order valence-electron chi connectivity index (χ3n) is 2.90. The zero-order chi connectivity index (χ0) is 13.0. The van der Waals surface area contributed by atoms with Gasteiger partial charge in [0.15, 0.2) is 0 Å². The van der Waals surface area contributed by atoms with Gasteiger partial charge in [-0.15, -0.1) is 0 Å². The monoisotopic (exact) mass is 260 g/mol. The number of rotatable bonds is 4. The minimum absolute atomic E-state index is 0.769. The maximum Gasteiger partial charge on any atom is 0.0429 e. The van der Waals surface area contributed by atoms with Gasteiger partial charge in [-0.05, 0) is 42.8 Å². The lowest BCUT2D eigenvalue weighted by Crippen LogP contribution is -2.21. The highest BCUT2D eigenvalue weighted by Crippen LogP contribution is 2.20. The van der Waals surface area contributed by atoms with E-state index in [0.29, 0.717) is 0 Å². The normalized spacial score (nSPS) is 10.3. The van der Waals surface area contributed by atoms with Gasteiger partial charge in [-0.2, -0.15) is 0 Å². The van der Waals surface area contributed by atoms with Gasteiger partial charge in [0.1, 0.15) is 0 Å². The Bertz CT molecular complexity index is 508. The Kier molecular flexibility index (Phi) is 4.11. The number of halogens is 1. The van der Waals surface area contributed by atoms with Gasteiger partial charge in [0, 0.05) is 29.5 Å². The van der Waals surface area contributed by atoms with Crippen LogP contribution in [0.25, 0.3) is 0 Å². The summed E-state index contributed by atoms with van der Waals surface area (Å²) in [4.78, 5) is 2.28. The Morgan fingerprint density at radius 1 is 1.11 bits per heavy atom. The molecule has 0 radical (unpaired) electrons. The van der Waals surface area contributed by atoms with Gasteiger partial charge >= 0.3 is 0 Å². The van der Waals surface area contributed by atoms with E-state index >= 15 is 0 Å². The van der Waals surface area contributed by atoms with Gasteiger partial charge < -0.3 is 10.6 Å². The van der Waals surface area contributed by atoms with E-state index in [1.54, 1.807) is 0 Å². The van der Waals surface area contributed by atoms with E-state index in [4.69, 9.17) is 17.3 Å². The molecule has 0 heterocycles. The summed E-state index contributed by atoms with van der Waals surface area (Å²) < 4.78 is 0. The van der Waals surface area contributed by atoms with E-state index in [2.05, 4.69) is 30.0 Å². The van der Waals surface area contributed by atoms with Crippen molar-refractivity contribution < 1.29 is 0 Å². The molecule has 0 fully saturated rings. The van der Waals surface area contributed by atoms with Crippen molar-refractivity contribution in [2.75, 3.05) is 17.2 Å². The number of nitrogen functional groups attached to an aromatic ring is 1. The summed E-state index contributed by atoms with van der Waals surface area (Å²) in [6.07, 6.45) is 0. The minimum atomic E-state index is 0.769. The summed E-state index contributed by atoms with van der Waals surface area (Å²) in [5.74, 6) is 0. The van der Waals surface area contributed by atoms with Crippen molar-refractivity contribution in [3.8, 4) is 0 Å². The molecular weight excluding hydrogens is 244 g/mol. The Morgan fingerprint density at radius 2 is 1.83 bits per heavy atom. The van der Waals surface area contributed by atoms with Crippen molar-refractivity contribution in [2.45, 2.75) is 13.5 Å². The highest BCUT2D eigenvalue weighted by Gasteiger charge is 2.05. The molecule has 2 nitrogen and oxygen atoms in total. The first-order valence-electron chi connectivity index (χ1n) is 6.04. The summed E-state index contributed by atoms with van der Waals surface area (Å²) in [5.41, 5.74) is 9.00. The van der Waals surface area contributed by atoms with Crippen LogP contribution in [-0.2, 0) is 6.54 Å². The number of hydrogen-bond acceptors (Lipinski definition) is 2. The van der Waals surface area contributed by atoms with E-state index in [-0.39, 0.29) is 0 Å². The van der Waals surface area contributed by atoms with E-state index < -0.39 is 0 Å². The van der Waals surface area contributed by atoms with Crippen LogP contribution >= 0.6 is 11.6 Å². The number of nitrogens with zero attached hydrogens (tertiary/aromatic N) is 1. The van der Waals surface area contributed by atoms with Crippen molar-refractivity contribution in [2.24, 2.45) is 0 Å². The predicted octanol–water partition coefficient (Wildman–Crippen LogP) is 3.95. The molecule has 0 atom stereocenters. The molecule has 94 valence electrons. The van der Waals surface area contributed by atoms with Crippen molar-refractivity contribution in [3.63, 3.8) is 0 Å². The number of anilines is 2. The van der Waals surface area contributed by atoms with Gasteiger partial charge in [-0.1, -0.05) is 29.8 Å². The van der Waals surface area contributed by atoms with Gasteiger partial charge in [0.05, 0.1) is 0 Å². The van der Waals surface area contributed by atoms with Crippen molar-refractivity contribution >= 4 is 23.0 Å². The first-order chi connectivity index (χ1) is 8.69. The highest BCUT2D eigenvalue weighted by molar-refractivity contribution is 6.30. The molecule has 2 N–H and O–H groups in total. The maximum atomic E-state index is 5.89. The summed E-state index contributed by atoms with van der Waals surface area (Å²) in [6, 6.07) is 15.9. The molecule has 3 heteroatoms. The van der Waals surface area contributed by atoms with Crippen molar-refractivity contribution in [1.82, 2.24) is 0 Å². The standard InChI is InChI=1S/C15H17ClN2/c1-2-18(15-5-3-4-14(17)10-15)11-12-6-8-13(16)9-7-12/h3-10H,2,11,17H2,1H3. The largest absolute Gasteiger partial charge is 0.399 e. The quantitative estimate of drug-likeness (QED) is 0.844. The van der Waals surface area contributed by atoms with Crippen LogP contribution in [0.3, 0.4) is 0 Å². The molecular formula is C15H17ClN2. The van der Waals surface area contributed by atoms with Crippen LogP contribution in [-0.4, -0.2) is 6.54 Å². The third kappa shape index (κ3) is 3.17. The molecule has 0 amide bonds. The molecule has 0 spiro atoms. The van der Waals surface area contributed by atoms with E-state index in [1.165, 1.54) is 5.56 Å². The second-order valence-corrected chi connectivity index (χ2v) is 4.67. The van der Waals surface area contributed by atoms with Crippen molar-refractivity contribution in [3.05, 3.63) is 59.1 Å². The number of benzene rings is 2. The molecule has 0 unspecified atom stereocenters. The summed E-state index contributed by atoms with van der Waals surface area (Å²) in [5, 5.41) is 0.769. The minimum Gasteiger partial charge on any atom is -0.399 e. The molecule has 0 aliphatic rings. The van der Waals surface area contributed by atoms with Gasteiger partial charge in [0.25, 0.3) is 0 Å². The first-order valence-corrected chi connectivity index (χ1v) is 6.42. The molecule has 0 bridgehead atoms.